The summed E-state index contributed by atoms with van der Waals surface area (Å²) in [6.45, 7) is 6.22. The summed E-state index contributed by atoms with van der Waals surface area (Å²) in [5.74, 6) is -1.20. The van der Waals surface area contributed by atoms with Gasteiger partial charge in [-0.3, -0.25) is 4.79 Å². The van der Waals surface area contributed by atoms with Gasteiger partial charge in [-0.1, -0.05) is 13.8 Å². The first kappa shape index (κ1) is 16.3. The van der Waals surface area contributed by atoms with Gasteiger partial charge in [0.2, 0.25) is 10.0 Å². The average molecular weight is 267 g/mol. The van der Waals surface area contributed by atoms with Crippen molar-refractivity contribution in [2.45, 2.75) is 45.0 Å². The third-order valence-corrected chi connectivity index (χ3v) is 3.99. The van der Waals surface area contributed by atoms with Gasteiger partial charge in [0, 0.05) is 6.54 Å². The van der Waals surface area contributed by atoms with Crippen molar-refractivity contribution in [3.8, 4) is 0 Å². The smallest absolute Gasteiger partial charge is 0.323 e. The first-order valence-electron chi connectivity index (χ1n) is 5.41. The Bertz CT molecular complexity index is 361. The van der Waals surface area contributed by atoms with E-state index in [1.54, 1.807) is 0 Å². The molecule has 0 radical (unpaired) electrons. The van der Waals surface area contributed by atoms with Gasteiger partial charge in [-0.2, -0.15) is 0 Å². The molecular weight excluding hydrogens is 246 g/mol. The third-order valence-electron chi connectivity index (χ3n) is 2.32. The molecule has 0 saturated carbocycles. The molecule has 0 saturated heterocycles. The molecule has 17 heavy (non-hydrogen) atoms. The van der Waals surface area contributed by atoms with E-state index in [0.717, 1.165) is 6.92 Å². The molecule has 0 fully saturated rings. The summed E-state index contributed by atoms with van der Waals surface area (Å²) in [5.41, 5.74) is -1.18. The first-order chi connectivity index (χ1) is 7.48. The highest BCUT2D eigenvalue weighted by molar-refractivity contribution is 7.90. The van der Waals surface area contributed by atoms with Gasteiger partial charge < -0.3 is 10.2 Å². The highest BCUT2D eigenvalue weighted by atomic mass is 32.2. The maximum absolute atomic E-state index is 11.5. The fourth-order valence-corrected chi connectivity index (χ4v) is 2.49. The zero-order chi connectivity index (χ0) is 13.9. The Labute approximate surface area is 102 Å². The minimum Gasteiger partial charge on any atom is -0.480 e. The van der Waals surface area contributed by atoms with Crippen LogP contribution in [0, 0.1) is 5.92 Å². The van der Waals surface area contributed by atoms with Crippen LogP contribution >= 0.6 is 0 Å². The minimum absolute atomic E-state index is 0.189. The normalized spacial score (nSPS) is 17.8. The monoisotopic (exact) mass is 267 g/mol. The lowest BCUT2D eigenvalue weighted by atomic mass is 9.95. The van der Waals surface area contributed by atoms with Crippen molar-refractivity contribution >= 4 is 16.0 Å². The van der Waals surface area contributed by atoms with E-state index in [1.807, 2.05) is 13.8 Å². The first-order valence-corrected chi connectivity index (χ1v) is 6.96. The van der Waals surface area contributed by atoms with E-state index in [0.29, 0.717) is 6.42 Å². The van der Waals surface area contributed by atoms with Gasteiger partial charge in [0.1, 0.15) is 0 Å². The molecule has 2 unspecified atom stereocenters. The van der Waals surface area contributed by atoms with Gasteiger partial charge in [-0.15, -0.1) is 0 Å². The van der Waals surface area contributed by atoms with E-state index in [4.69, 9.17) is 5.11 Å². The second-order valence-electron chi connectivity index (χ2n) is 4.94. The highest BCUT2D eigenvalue weighted by Gasteiger charge is 2.30. The van der Waals surface area contributed by atoms with Crippen molar-refractivity contribution in [1.29, 1.82) is 0 Å². The number of aliphatic carboxylic acids is 1. The number of carbonyl (C=O) groups is 1. The quantitative estimate of drug-likeness (QED) is 0.610. The summed E-state index contributed by atoms with van der Waals surface area (Å²) in [4.78, 5) is 10.6. The fraction of sp³-hybridized carbons (Fsp3) is 0.900. The molecule has 7 heteroatoms. The maximum Gasteiger partial charge on any atom is 0.323 e. The van der Waals surface area contributed by atoms with Gasteiger partial charge in [0.25, 0.3) is 0 Å². The van der Waals surface area contributed by atoms with Crippen LogP contribution in [0.25, 0.3) is 0 Å². The van der Waals surface area contributed by atoms with Gasteiger partial charge in [0.15, 0.2) is 5.25 Å². The minimum atomic E-state index is -3.94. The molecule has 0 aliphatic carbocycles. The second-order valence-corrected chi connectivity index (χ2v) is 7.03. The lowest BCUT2D eigenvalue weighted by Crippen LogP contribution is -2.45. The topological polar surface area (TPSA) is 104 Å². The maximum atomic E-state index is 11.5. The van der Waals surface area contributed by atoms with Gasteiger partial charge in [-0.25, -0.2) is 13.1 Å². The lowest BCUT2D eigenvalue weighted by molar-refractivity contribution is -0.136. The summed E-state index contributed by atoms with van der Waals surface area (Å²) >= 11 is 0. The van der Waals surface area contributed by atoms with Crippen LogP contribution in [0.2, 0.25) is 0 Å². The average Bonchev–Trinajstić information content (AvgIpc) is 2.12. The van der Waals surface area contributed by atoms with Crippen LogP contribution in [-0.2, 0) is 14.8 Å². The van der Waals surface area contributed by atoms with Crippen molar-refractivity contribution in [3.63, 3.8) is 0 Å². The molecule has 0 heterocycles. The van der Waals surface area contributed by atoms with Crippen LogP contribution in [0.1, 0.15) is 34.1 Å². The molecule has 6 nitrogen and oxygen atoms in total. The summed E-state index contributed by atoms with van der Waals surface area (Å²) in [7, 11) is -3.94. The predicted molar refractivity (Wildman–Crippen MR) is 64.1 cm³/mol. The molecule has 2 atom stereocenters. The Morgan fingerprint density at radius 2 is 1.82 bits per heavy atom. The Balaban J connectivity index is 4.52. The molecular formula is C10H21NO5S. The molecule has 0 bridgehead atoms. The standard InChI is InChI=1S/C10H21NO5S/c1-7(2)5-10(4,14)6-11-17(15,16)8(3)9(12)13/h7-8,11,14H,5-6H2,1-4H3,(H,12,13). The van der Waals surface area contributed by atoms with E-state index in [9.17, 15) is 18.3 Å². The number of nitrogens with one attached hydrogen (secondary N) is 1. The Hall–Kier alpha value is -0.660. The molecule has 0 aliphatic rings. The number of sulfonamides is 1. The molecule has 0 aromatic carbocycles. The fourth-order valence-electron chi connectivity index (χ4n) is 1.47. The molecule has 0 aliphatic heterocycles. The number of carboxylic acid groups (broad SMARTS) is 1. The van der Waals surface area contributed by atoms with Crippen LogP contribution < -0.4 is 4.72 Å². The zero-order valence-corrected chi connectivity index (χ0v) is 11.4. The molecule has 0 aromatic heterocycles. The summed E-state index contributed by atoms with van der Waals surface area (Å²) in [6, 6.07) is 0. The molecule has 0 amide bonds. The van der Waals surface area contributed by atoms with E-state index in [-0.39, 0.29) is 12.5 Å². The second kappa shape index (κ2) is 5.79. The van der Waals surface area contributed by atoms with Crippen LogP contribution in [-0.4, -0.2) is 42.0 Å². The SMILES string of the molecule is CC(C)CC(C)(O)CNS(=O)(=O)C(C)C(=O)O. The van der Waals surface area contributed by atoms with Crippen LogP contribution in [0.3, 0.4) is 0 Å². The van der Waals surface area contributed by atoms with Crippen LogP contribution in [0.5, 0.6) is 0 Å². The van der Waals surface area contributed by atoms with Gasteiger partial charge in [0.05, 0.1) is 5.60 Å². The number of hydrogen-bond acceptors (Lipinski definition) is 4. The number of aliphatic hydroxyl groups is 1. The molecule has 0 aromatic rings. The summed E-state index contributed by atoms with van der Waals surface area (Å²) < 4.78 is 25.1. The van der Waals surface area contributed by atoms with E-state index >= 15 is 0 Å². The Morgan fingerprint density at radius 1 is 1.35 bits per heavy atom. The number of carboxylic acids is 1. The largest absolute Gasteiger partial charge is 0.480 e. The van der Waals surface area contributed by atoms with Gasteiger partial charge in [-0.05, 0) is 26.2 Å². The highest BCUT2D eigenvalue weighted by Crippen LogP contribution is 2.15. The van der Waals surface area contributed by atoms with Crippen molar-refractivity contribution in [2.75, 3.05) is 6.54 Å². The molecule has 0 spiro atoms. The van der Waals surface area contributed by atoms with E-state index in [1.165, 1.54) is 6.92 Å². The van der Waals surface area contributed by atoms with Gasteiger partial charge >= 0.3 is 5.97 Å². The summed E-state index contributed by atoms with van der Waals surface area (Å²) in [6.07, 6.45) is 0.428. The van der Waals surface area contributed by atoms with Crippen molar-refractivity contribution in [2.24, 2.45) is 5.92 Å². The predicted octanol–water partition coefficient (Wildman–Crippen LogP) is 0.176. The van der Waals surface area contributed by atoms with E-state index < -0.39 is 26.8 Å². The zero-order valence-electron chi connectivity index (χ0n) is 10.6. The summed E-state index contributed by atoms with van der Waals surface area (Å²) in [5, 5.41) is 17.0. The number of rotatable bonds is 7. The van der Waals surface area contributed by atoms with Crippen LogP contribution in [0.4, 0.5) is 0 Å². The van der Waals surface area contributed by atoms with Crippen molar-refractivity contribution < 1.29 is 23.4 Å². The molecule has 3 N–H and O–H groups in total. The molecule has 102 valence electrons. The van der Waals surface area contributed by atoms with E-state index in [2.05, 4.69) is 4.72 Å². The Kier molecular flexibility index (Phi) is 5.57. The lowest BCUT2D eigenvalue weighted by Gasteiger charge is -2.25. The van der Waals surface area contributed by atoms with Crippen molar-refractivity contribution in [1.82, 2.24) is 4.72 Å². The van der Waals surface area contributed by atoms with Crippen molar-refractivity contribution in [3.05, 3.63) is 0 Å². The number of hydrogen-bond donors (Lipinski definition) is 3. The van der Waals surface area contributed by atoms with Crippen LogP contribution in [0.15, 0.2) is 0 Å². The molecule has 0 rings (SSSR count). The third kappa shape index (κ3) is 5.99. The Morgan fingerprint density at radius 3 is 2.18 bits per heavy atom.